The highest BCUT2D eigenvalue weighted by molar-refractivity contribution is 8.05. The van der Waals surface area contributed by atoms with Gasteiger partial charge in [0.1, 0.15) is 6.04 Å². The van der Waals surface area contributed by atoms with E-state index in [-0.39, 0.29) is 61.0 Å². The lowest BCUT2D eigenvalue weighted by Crippen LogP contribution is -2.59. The van der Waals surface area contributed by atoms with Crippen LogP contribution in [0.25, 0.3) is 0 Å². The number of halogens is 1. The number of alkyl halides is 1. The second kappa shape index (κ2) is 20.9. The predicted molar refractivity (Wildman–Crippen MR) is 220 cm³/mol. The predicted octanol–water partition coefficient (Wildman–Crippen LogP) is 5.40. The van der Waals surface area contributed by atoms with E-state index in [1.165, 1.54) is 5.57 Å². The number of benzene rings is 1. The third kappa shape index (κ3) is 11.0. The van der Waals surface area contributed by atoms with Crippen molar-refractivity contribution in [1.82, 2.24) is 25.8 Å². The van der Waals surface area contributed by atoms with E-state index in [1.807, 2.05) is 57.7 Å². The molecule has 11 nitrogen and oxygen atoms in total. The van der Waals surface area contributed by atoms with E-state index in [1.54, 1.807) is 37.9 Å². The number of likely N-dealkylation sites (tertiary alicyclic amines) is 1. The molecule has 0 bridgehead atoms. The molecule has 3 aliphatic rings. The minimum Gasteiger partial charge on any atom is -0.379 e. The van der Waals surface area contributed by atoms with Gasteiger partial charge in [0.15, 0.2) is 0 Å². The van der Waals surface area contributed by atoms with Crippen LogP contribution in [0, 0.1) is 17.8 Å². The van der Waals surface area contributed by atoms with Gasteiger partial charge in [-0.3, -0.25) is 19.2 Å². The fourth-order valence-electron chi connectivity index (χ4n) is 8.45. The number of nitrogens with zero attached hydrogens (tertiary/aromatic N) is 2. The smallest absolute Gasteiger partial charge is 0.259 e. The molecule has 312 valence electrons. The molecule has 3 N–H and O–H groups in total. The van der Waals surface area contributed by atoms with Crippen LogP contribution in [0.4, 0.5) is 4.39 Å². The van der Waals surface area contributed by atoms with Gasteiger partial charge < -0.3 is 35.2 Å². The molecular weight excluding hydrogens is 734 g/mol. The zero-order chi connectivity index (χ0) is 41.2. The standard InChI is InChI=1S/C43H66FN5O6S/c1-10-28(4)37(48(7)41(52)36(27(2)3)47-42(53)43(44)20-21-45-26-43)34(54-8)25-35(50)49-22-14-19-33(49)38(55-9)30(6)40(51)46-32(24-31-17-12-11-13-18-31)39-29(5)16-15-23-56-39/h11-13,15,17-18,23,27-28,30,32-34,36-38,45H,10,14,16,19-22,24-26H2,1-9H3,(H,46,51)(H,47,53)/t28?,30?,32?,33?,34?,36?,37?,38?,43-/m1/s1. The summed E-state index contributed by atoms with van der Waals surface area (Å²) in [5.41, 5.74) is 0.296. The molecule has 3 aliphatic heterocycles. The van der Waals surface area contributed by atoms with Crippen LogP contribution >= 0.6 is 11.8 Å². The lowest BCUT2D eigenvalue weighted by atomic mass is 9.89. The SMILES string of the molecule is CCC(C)C(C(CC(=O)N1CCCC1C(OC)C(C)C(=O)NC(Cc1ccccc1)C1=C(C)CC=CS1)OC)N(C)C(=O)C(NC(=O)[C@@]1(F)CCNC1)C(C)C. The maximum atomic E-state index is 15.3. The van der Waals surface area contributed by atoms with Crippen molar-refractivity contribution >= 4 is 35.4 Å². The van der Waals surface area contributed by atoms with Crippen LogP contribution in [0.3, 0.4) is 0 Å². The van der Waals surface area contributed by atoms with Crippen LogP contribution in [0.5, 0.6) is 0 Å². The quantitative estimate of drug-likeness (QED) is 0.170. The van der Waals surface area contributed by atoms with Crippen molar-refractivity contribution < 1.29 is 33.0 Å². The van der Waals surface area contributed by atoms with Gasteiger partial charge in [0.25, 0.3) is 5.91 Å². The molecule has 4 rings (SSSR count). The number of likely N-dealkylation sites (N-methyl/N-ethyl adjacent to an activating group) is 1. The van der Waals surface area contributed by atoms with E-state index in [0.717, 1.165) is 23.3 Å². The first kappa shape index (κ1) is 45.4. The van der Waals surface area contributed by atoms with E-state index in [2.05, 4.69) is 46.5 Å². The number of amides is 4. The van der Waals surface area contributed by atoms with Gasteiger partial charge in [0, 0.05) is 45.7 Å². The summed E-state index contributed by atoms with van der Waals surface area (Å²) in [6.45, 7) is 12.5. The maximum absolute atomic E-state index is 15.3. The van der Waals surface area contributed by atoms with Crippen molar-refractivity contribution in [2.75, 3.05) is 40.9 Å². The van der Waals surface area contributed by atoms with E-state index in [0.29, 0.717) is 32.4 Å². The topological polar surface area (TPSA) is 129 Å². The Hall–Kier alpha value is -3.26. The van der Waals surface area contributed by atoms with Crippen molar-refractivity contribution in [2.24, 2.45) is 17.8 Å². The molecule has 2 fully saturated rings. The van der Waals surface area contributed by atoms with Gasteiger partial charge in [0.05, 0.1) is 42.7 Å². The second-order valence-electron chi connectivity index (χ2n) is 16.3. The minimum absolute atomic E-state index is 0.00588. The number of hydrogen-bond donors (Lipinski definition) is 3. The normalized spacial score (nSPS) is 23.6. The molecule has 3 heterocycles. The molecule has 0 spiro atoms. The lowest BCUT2D eigenvalue weighted by molar-refractivity contribution is -0.148. The first-order valence-corrected chi connectivity index (χ1v) is 21.2. The van der Waals surface area contributed by atoms with Crippen molar-refractivity contribution in [2.45, 2.75) is 129 Å². The molecule has 13 heteroatoms. The number of rotatable bonds is 19. The van der Waals surface area contributed by atoms with Crippen LogP contribution in [-0.2, 0) is 35.1 Å². The molecule has 56 heavy (non-hydrogen) atoms. The molecule has 1 aromatic rings. The van der Waals surface area contributed by atoms with Gasteiger partial charge in [-0.2, -0.15) is 0 Å². The number of ether oxygens (including phenoxy) is 2. The van der Waals surface area contributed by atoms with Crippen LogP contribution in [0.2, 0.25) is 0 Å². The third-order valence-corrected chi connectivity index (χ3v) is 13.3. The average Bonchev–Trinajstić information content (AvgIpc) is 3.87. The van der Waals surface area contributed by atoms with Crippen LogP contribution in [0.15, 0.2) is 52.3 Å². The molecule has 8 unspecified atom stereocenters. The second-order valence-corrected chi connectivity index (χ2v) is 17.2. The number of nitrogens with one attached hydrogen (secondary N) is 3. The molecule has 0 radical (unpaired) electrons. The van der Waals surface area contributed by atoms with Gasteiger partial charge in [-0.1, -0.05) is 83.0 Å². The molecule has 0 saturated carbocycles. The Labute approximate surface area is 338 Å². The average molecular weight is 800 g/mol. The summed E-state index contributed by atoms with van der Waals surface area (Å²) in [5.74, 6) is -2.35. The first-order valence-electron chi connectivity index (χ1n) is 20.3. The van der Waals surface area contributed by atoms with Gasteiger partial charge in [-0.25, -0.2) is 4.39 Å². The van der Waals surface area contributed by atoms with E-state index < -0.39 is 41.8 Å². The number of thioether (sulfide) groups is 1. The molecule has 0 aromatic heterocycles. The Kier molecular flexibility index (Phi) is 17.0. The zero-order valence-electron chi connectivity index (χ0n) is 34.9. The van der Waals surface area contributed by atoms with Gasteiger partial charge in [0.2, 0.25) is 23.4 Å². The summed E-state index contributed by atoms with van der Waals surface area (Å²) < 4.78 is 27.4. The van der Waals surface area contributed by atoms with Gasteiger partial charge in [-0.15, -0.1) is 11.8 Å². The van der Waals surface area contributed by atoms with E-state index in [9.17, 15) is 19.2 Å². The molecule has 4 amide bonds. The molecular formula is C43H66FN5O6S. The number of carbonyl (C=O) groups is 4. The van der Waals surface area contributed by atoms with Gasteiger partial charge >= 0.3 is 0 Å². The fourth-order valence-corrected chi connectivity index (χ4v) is 9.38. The van der Waals surface area contributed by atoms with Crippen molar-refractivity contribution in [3.05, 3.63) is 57.9 Å². The number of allylic oxidation sites excluding steroid dienone is 2. The monoisotopic (exact) mass is 799 g/mol. The summed E-state index contributed by atoms with van der Waals surface area (Å²) in [6.07, 6.45) is 4.63. The molecule has 9 atom stereocenters. The summed E-state index contributed by atoms with van der Waals surface area (Å²) in [4.78, 5) is 60.1. The fraction of sp³-hybridized carbons (Fsp3) is 0.674. The zero-order valence-corrected chi connectivity index (χ0v) is 35.8. The largest absolute Gasteiger partial charge is 0.379 e. The highest BCUT2D eigenvalue weighted by Crippen LogP contribution is 2.34. The highest BCUT2D eigenvalue weighted by atomic mass is 32.2. The Morgan fingerprint density at radius 3 is 2.39 bits per heavy atom. The molecule has 2 saturated heterocycles. The van der Waals surface area contributed by atoms with Crippen molar-refractivity contribution in [3.8, 4) is 0 Å². The van der Waals surface area contributed by atoms with E-state index >= 15 is 4.39 Å². The number of methoxy groups -OCH3 is 2. The lowest BCUT2D eigenvalue weighted by Gasteiger charge is -2.41. The Bertz CT molecular complexity index is 1550. The Morgan fingerprint density at radius 2 is 1.80 bits per heavy atom. The van der Waals surface area contributed by atoms with Crippen LogP contribution in [-0.4, -0.2) is 116 Å². The summed E-state index contributed by atoms with van der Waals surface area (Å²) >= 11 is 1.65. The Balaban J connectivity index is 1.49. The third-order valence-electron chi connectivity index (χ3n) is 12.0. The number of hydrogen-bond acceptors (Lipinski definition) is 8. The molecule has 1 aromatic carbocycles. The number of carbonyl (C=O) groups excluding carboxylic acids is 4. The summed E-state index contributed by atoms with van der Waals surface area (Å²) in [5, 5.41) is 11.0. The van der Waals surface area contributed by atoms with Crippen LogP contribution < -0.4 is 16.0 Å². The maximum Gasteiger partial charge on any atom is 0.259 e. The minimum atomic E-state index is -2.07. The first-order chi connectivity index (χ1) is 26.7. The molecule has 0 aliphatic carbocycles. The van der Waals surface area contributed by atoms with Gasteiger partial charge in [-0.05, 0) is 62.0 Å². The van der Waals surface area contributed by atoms with Crippen molar-refractivity contribution in [1.29, 1.82) is 0 Å². The highest BCUT2D eigenvalue weighted by Gasteiger charge is 2.46. The van der Waals surface area contributed by atoms with Crippen LogP contribution in [0.1, 0.15) is 85.6 Å². The van der Waals surface area contributed by atoms with Crippen molar-refractivity contribution in [3.63, 3.8) is 0 Å². The summed E-state index contributed by atoms with van der Waals surface area (Å²) in [6, 6.07) is 8.14. The summed E-state index contributed by atoms with van der Waals surface area (Å²) in [7, 11) is 4.81. The Morgan fingerprint density at radius 1 is 1.09 bits per heavy atom. The van der Waals surface area contributed by atoms with E-state index in [4.69, 9.17) is 9.47 Å².